The first-order valence-corrected chi connectivity index (χ1v) is 6.45. The van der Waals surface area contributed by atoms with Gasteiger partial charge in [0.05, 0.1) is 6.26 Å². The van der Waals surface area contributed by atoms with Crippen molar-refractivity contribution in [3.63, 3.8) is 0 Å². The van der Waals surface area contributed by atoms with Crippen LogP contribution in [0.5, 0.6) is 0 Å². The van der Waals surface area contributed by atoms with E-state index in [1.54, 1.807) is 0 Å². The third-order valence-corrected chi connectivity index (χ3v) is 3.56. The number of likely N-dealkylation sites (N-methyl/N-ethyl adjacent to an activating group) is 1. The highest BCUT2D eigenvalue weighted by Gasteiger charge is 2.13. The molecule has 0 unspecified atom stereocenters. The summed E-state index contributed by atoms with van der Waals surface area (Å²) in [7, 11) is 2.17. The first-order chi connectivity index (χ1) is 8.83. The molecular weight excluding hydrogens is 226 g/mol. The molecule has 18 heavy (non-hydrogen) atoms. The Kier molecular flexibility index (Phi) is 3.32. The van der Waals surface area contributed by atoms with Crippen LogP contribution in [0.4, 0.5) is 0 Å². The van der Waals surface area contributed by atoms with Crippen LogP contribution in [0.1, 0.15) is 5.56 Å². The standard InChI is InChI=1S/C14H19N3O/c1-16-6-8-17(9-7-16)15-10-12-11-18-14-5-3-2-4-13(12)14/h2-5,11,15H,6-10H2,1H3. The number of nitrogens with zero attached hydrogens (tertiary/aromatic N) is 2. The average Bonchev–Trinajstić information content (AvgIpc) is 2.82. The zero-order valence-corrected chi connectivity index (χ0v) is 10.7. The molecule has 0 atom stereocenters. The molecule has 0 amide bonds. The zero-order valence-electron chi connectivity index (χ0n) is 10.7. The number of hydrogen-bond acceptors (Lipinski definition) is 4. The Hall–Kier alpha value is -1.36. The summed E-state index contributed by atoms with van der Waals surface area (Å²) < 4.78 is 5.54. The number of benzene rings is 1. The maximum Gasteiger partial charge on any atom is 0.134 e. The molecule has 1 aliphatic rings. The predicted molar refractivity (Wildman–Crippen MR) is 72.1 cm³/mol. The van der Waals surface area contributed by atoms with Gasteiger partial charge in [-0.05, 0) is 13.1 Å². The van der Waals surface area contributed by atoms with E-state index in [4.69, 9.17) is 4.42 Å². The third-order valence-electron chi connectivity index (χ3n) is 3.56. The molecule has 1 aliphatic heterocycles. The summed E-state index contributed by atoms with van der Waals surface area (Å²) in [6, 6.07) is 8.18. The molecule has 2 aromatic rings. The Bertz CT molecular complexity index is 514. The van der Waals surface area contributed by atoms with Crippen LogP contribution in [-0.4, -0.2) is 43.1 Å². The fraction of sp³-hybridized carbons (Fsp3) is 0.429. The van der Waals surface area contributed by atoms with Crippen molar-refractivity contribution < 1.29 is 4.42 Å². The van der Waals surface area contributed by atoms with Crippen molar-refractivity contribution in [1.29, 1.82) is 0 Å². The van der Waals surface area contributed by atoms with Gasteiger partial charge < -0.3 is 9.32 Å². The highest BCUT2D eigenvalue weighted by atomic mass is 16.3. The highest BCUT2D eigenvalue weighted by Crippen LogP contribution is 2.20. The summed E-state index contributed by atoms with van der Waals surface area (Å²) in [5, 5.41) is 3.50. The van der Waals surface area contributed by atoms with Crippen molar-refractivity contribution in [3.05, 3.63) is 36.1 Å². The van der Waals surface area contributed by atoms with Gasteiger partial charge in [0.15, 0.2) is 0 Å². The van der Waals surface area contributed by atoms with E-state index in [0.717, 1.165) is 38.3 Å². The first-order valence-electron chi connectivity index (χ1n) is 6.45. The third kappa shape index (κ3) is 2.41. The Morgan fingerprint density at radius 2 is 1.94 bits per heavy atom. The minimum Gasteiger partial charge on any atom is -0.464 e. The first kappa shape index (κ1) is 11.7. The number of hydrazine groups is 1. The van der Waals surface area contributed by atoms with Crippen LogP contribution in [0.15, 0.2) is 34.9 Å². The summed E-state index contributed by atoms with van der Waals surface area (Å²) in [5.41, 5.74) is 5.68. The number of furan rings is 1. The number of fused-ring (bicyclic) bond motifs is 1. The topological polar surface area (TPSA) is 31.6 Å². The van der Waals surface area contributed by atoms with Gasteiger partial charge in [-0.2, -0.15) is 0 Å². The molecule has 4 heteroatoms. The van der Waals surface area contributed by atoms with Crippen molar-refractivity contribution in [1.82, 2.24) is 15.3 Å². The van der Waals surface area contributed by atoms with Gasteiger partial charge in [0, 0.05) is 43.7 Å². The molecule has 0 radical (unpaired) electrons. The maximum atomic E-state index is 5.54. The minimum absolute atomic E-state index is 0.834. The minimum atomic E-state index is 0.834. The van der Waals surface area contributed by atoms with E-state index in [1.807, 2.05) is 18.4 Å². The van der Waals surface area contributed by atoms with Crippen molar-refractivity contribution >= 4 is 11.0 Å². The molecule has 1 aromatic heterocycles. The van der Waals surface area contributed by atoms with Gasteiger partial charge in [0.1, 0.15) is 5.58 Å². The number of nitrogens with one attached hydrogen (secondary N) is 1. The van der Waals surface area contributed by atoms with E-state index in [2.05, 4.69) is 34.5 Å². The number of para-hydroxylation sites is 1. The largest absolute Gasteiger partial charge is 0.464 e. The van der Waals surface area contributed by atoms with E-state index in [1.165, 1.54) is 10.9 Å². The van der Waals surface area contributed by atoms with Gasteiger partial charge >= 0.3 is 0 Å². The Morgan fingerprint density at radius 3 is 2.78 bits per heavy atom. The lowest BCUT2D eigenvalue weighted by Crippen LogP contribution is -2.50. The van der Waals surface area contributed by atoms with Gasteiger partial charge in [-0.15, -0.1) is 0 Å². The van der Waals surface area contributed by atoms with Crippen LogP contribution < -0.4 is 5.43 Å². The summed E-state index contributed by atoms with van der Waals surface area (Å²) in [4.78, 5) is 2.35. The number of hydrogen-bond donors (Lipinski definition) is 1. The molecule has 1 saturated heterocycles. The second kappa shape index (κ2) is 5.10. The van der Waals surface area contributed by atoms with Crippen LogP contribution in [0.25, 0.3) is 11.0 Å². The molecule has 96 valence electrons. The van der Waals surface area contributed by atoms with Gasteiger partial charge in [-0.25, -0.2) is 5.01 Å². The number of piperazine rings is 1. The molecule has 4 nitrogen and oxygen atoms in total. The smallest absolute Gasteiger partial charge is 0.134 e. The molecular formula is C14H19N3O. The molecule has 0 saturated carbocycles. The molecule has 1 aromatic carbocycles. The monoisotopic (exact) mass is 245 g/mol. The molecule has 1 fully saturated rings. The van der Waals surface area contributed by atoms with Gasteiger partial charge in [-0.1, -0.05) is 18.2 Å². The molecule has 0 aliphatic carbocycles. The number of rotatable bonds is 3. The molecule has 3 rings (SSSR count). The summed E-state index contributed by atoms with van der Waals surface area (Å²) in [6.07, 6.45) is 1.85. The van der Waals surface area contributed by atoms with Crippen molar-refractivity contribution in [3.8, 4) is 0 Å². The van der Waals surface area contributed by atoms with E-state index in [-0.39, 0.29) is 0 Å². The Balaban J connectivity index is 1.63. The fourth-order valence-corrected chi connectivity index (χ4v) is 2.33. The van der Waals surface area contributed by atoms with Crippen molar-refractivity contribution in [2.24, 2.45) is 0 Å². The maximum absolute atomic E-state index is 5.54. The molecule has 0 bridgehead atoms. The lowest BCUT2D eigenvalue weighted by atomic mass is 10.2. The zero-order chi connectivity index (χ0) is 12.4. The normalized spacial score (nSPS) is 18.5. The van der Waals surface area contributed by atoms with E-state index in [9.17, 15) is 0 Å². The van der Waals surface area contributed by atoms with Crippen LogP contribution >= 0.6 is 0 Å². The lowest BCUT2D eigenvalue weighted by Gasteiger charge is -2.32. The lowest BCUT2D eigenvalue weighted by molar-refractivity contribution is 0.102. The SMILES string of the molecule is CN1CCN(NCc2coc3ccccc23)CC1. The summed E-state index contributed by atoms with van der Waals surface area (Å²) >= 11 is 0. The predicted octanol–water partition coefficient (Wildman–Crippen LogP) is 1.68. The Labute approximate surface area is 107 Å². The second-order valence-corrected chi connectivity index (χ2v) is 4.88. The van der Waals surface area contributed by atoms with E-state index < -0.39 is 0 Å². The molecule has 2 heterocycles. The van der Waals surface area contributed by atoms with Crippen LogP contribution in [-0.2, 0) is 6.54 Å². The molecule has 0 spiro atoms. The average molecular weight is 245 g/mol. The fourth-order valence-electron chi connectivity index (χ4n) is 2.33. The van der Waals surface area contributed by atoms with E-state index >= 15 is 0 Å². The van der Waals surface area contributed by atoms with Crippen LogP contribution in [0.2, 0.25) is 0 Å². The van der Waals surface area contributed by atoms with Crippen LogP contribution in [0, 0.1) is 0 Å². The van der Waals surface area contributed by atoms with Gasteiger partial charge in [0.2, 0.25) is 0 Å². The second-order valence-electron chi connectivity index (χ2n) is 4.88. The van der Waals surface area contributed by atoms with Gasteiger partial charge in [-0.3, -0.25) is 5.43 Å². The van der Waals surface area contributed by atoms with Crippen molar-refractivity contribution in [2.45, 2.75) is 6.54 Å². The van der Waals surface area contributed by atoms with Gasteiger partial charge in [0.25, 0.3) is 0 Å². The summed E-state index contributed by atoms with van der Waals surface area (Å²) in [5.74, 6) is 0. The Morgan fingerprint density at radius 1 is 1.17 bits per heavy atom. The van der Waals surface area contributed by atoms with Crippen LogP contribution in [0.3, 0.4) is 0 Å². The highest BCUT2D eigenvalue weighted by molar-refractivity contribution is 5.80. The molecule has 1 N–H and O–H groups in total. The quantitative estimate of drug-likeness (QED) is 0.891. The van der Waals surface area contributed by atoms with Crippen molar-refractivity contribution in [2.75, 3.05) is 33.2 Å². The van der Waals surface area contributed by atoms with E-state index in [0.29, 0.717) is 0 Å². The summed E-state index contributed by atoms with van der Waals surface area (Å²) in [6.45, 7) is 5.23.